The average molecular weight is 232 g/mol. The summed E-state index contributed by atoms with van der Waals surface area (Å²) in [6.45, 7) is 7.54. The van der Waals surface area contributed by atoms with Crippen molar-refractivity contribution < 1.29 is 4.74 Å². The number of benzene rings is 1. The third kappa shape index (κ3) is 2.00. The predicted molar refractivity (Wildman–Crippen MR) is 69.7 cm³/mol. The van der Waals surface area contributed by atoms with Crippen LogP contribution in [0.5, 0.6) is 5.75 Å². The van der Waals surface area contributed by atoms with Gasteiger partial charge >= 0.3 is 0 Å². The molecule has 17 heavy (non-hydrogen) atoms. The first-order chi connectivity index (χ1) is 8.31. The lowest BCUT2D eigenvalue weighted by Crippen LogP contribution is -2.57. The Kier molecular flexibility index (Phi) is 2.71. The van der Waals surface area contributed by atoms with Crippen LogP contribution in [0, 0.1) is 5.41 Å². The molecule has 1 spiro atoms. The molecule has 0 aromatic heterocycles. The van der Waals surface area contributed by atoms with Gasteiger partial charge in [-0.2, -0.15) is 0 Å². The normalized spacial score (nSPS) is 21.6. The van der Waals surface area contributed by atoms with Crippen molar-refractivity contribution in [3.05, 3.63) is 24.3 Å². The molecule has 0 saturated carbocycles. The Morgan fingerprint density at radius 2 is 2.06 bits per heavy atom. The van der Waals surface area contributed by atoms with Crippen molar-refractivity contribution in [1.82, 2.24) is 5.32 Å². The first kappa shape index (κ1) is 10.9. The maximum atomic E-state index is 5.46. The lowest BCUT2D eigenvalue weighted by molar-refractivity contribution is 0.243. The second kappa shape index (κ2) is 4.22. The van der Waals surface area contributed by atoms with E-state index in [2.05, 4.69) is 34.5 Å². The summed E-state index contributed by atoms with van der Waals surface area (Å²) in [5.74, 6) is 0.967. The highest BCUT2D eigenvalue weighted by Gasteiger charge is 2.44. The van der Waals surface area contributed by atoms with Gasteiger partial charge in [0.05, 0.1) is 6.61 Å². The Morgan fingerprint density at radius 3 is 2.65 bits per heavy atom. The Balaban J connectivity index is 1.62. The predicted octanol–water partition coefficient (Wildman–Crippen LogP) is 1.89. The zero-order chi connectivity index (χ0) is 11.7. The molecule has 0 amide bonds. The second-order valence-corrected chi connectivity index (χ2v) is 5.21. The number of hydrogen-bond acceptors (Lipinski definition) is 3. The molecule has 1 N–H and O–H groups in total. The zero-order valence-electron chi connectivity index (χ0n) is 10.4. The Bertz CT molecular complexity index is 374. The minimum atomic E-state index is 0.568. The standard InChI is InChI=1S/C14H20N2O/c1-2-17-13-5-3-12(4-6-13)16-10-14(11-16)7-8-15-9-14/h3-6,15H,2,7-11H2,1H3. The summed E-state index contributed by atoms with van der Waals surface area (Å²) in [5.41, 5.74) is 1.89. The maximum absolute atomic E-state index is 5.46. The molecule has 92 valence electrons. The molecular formula is C14H20N2O. The monoisotopic (exact) mass is 232 g/mol. The van der Waals surface area contributed by atoms with E-state index < -0.39 is 0 Å². The van der Waals surface area contributed by atoms with E-state index >= 15 is 0 Å². The molecule has 0 unspecified atom stereocenters. The van der Waals surface area contributed by atoms with Crippen LogP contribution in [-0.4, -0.2) is 32.8 Å². The summed E-state index contributed by atoms with van der Waals surface area (Å²) in [4.78, 5) is 2.46. The van der Waals surface area contributed by atoms with Gasteiger partial charge in [0.2, 0.25) is 0 Å². The van der Waals surface area contributed by atoms with E-state index in [1.165, 1.54) is 38.3 Å². The molecule has 3 nitrogen and oxygen atoms in total. The molecule has 1 aromatic carbocycles. The van der Waals surface area contributed by atoms with Crippen molar-refractivity contribution in [1.29, 1.82) is 0 Å². The van der Waals surface area contributed by atoms with E-state index in [1.807, 2.05) is 6.92 Å². The Hall–Kier alpha value is -1.22. The van der Waals surface area contributed by atoms with E-state index in [-0.39, 0.29) is 0 Å². The molecule has 0 radical (unpaired) electrons. The SMILES string of the molecule is CCOc1ccc(N2CC3(CCNC3)C2)cc1. The van der Waals surface area contributed by atoms with Gasteiger partial charge in [-0.05, 0) is 44.2 Å². The van der Waals surface area contributed by atoms with Crippen molar-refractivity contribution >= 4 is 5.69 Å². The molecule has 0 atom stereocenters. The van der Waals surface area contributed by atoms with Gasteiger partial charge in [-0.25, -0.2) is 0 Å². The van der Waals surface area contributed by atoms with Gasteiger partial charge < -0.3 is 15.0 Å². The molecule has 0 aliphatic carbocycles. The Labute approximate surface area is 103 Å². The highest BCUT2D eigenvalue weighted by atomic mass is 16.5. The second-order valence-electron chi connectivity index (χ2n) is 5.21. The fourth-order valence-corrected chi connectivity index (χ4v) is 2.93. The van der Waals surface area contributed by atoms with Gasteiger partial charge in [0.1, 0.15) is 5.75 Å². The van der Waals surface area contributed by atoms with Crippen LogP contribution in [0.2, 0.25) is 0 Å². The van der Waals surface area contributed by atoms with Crippen LogP contribution in [0.25, 0.3) is 0 Å². The number of anilines is 1. The fraction of sp³-hybridized carbons (Fsp3) is 0.571. The van der Waals surface area contributed by atoms with Crippen molar-refractivity contribution in [2.45, 2.75) is 13.3 Å². The molecule has 1 aromatic rings. The largest absolute Gasteiger partial charge is 0.494 e. The number of nitrogens with zero attached hydrogens (tertiary/aromatic N) is 1. The molecular weight excluding hydrogens is 212 g/mol. The minimum Gasteiger partial charge on any atom is -0.494 e. The van der Waals surface area contributed by atoms with E-state index in [9.17, 15) is 0 Å². The minimum absolute atomic E-state index is 0.568. The van der Waals surface area contributed by atoms with Crippen LogP contribution < -0.4 is 15.0 Å². The molecule has 3 heteroatoms. The average Bonchev–Trinajstić information content (AvgIpc) is 2.78. The van der Waals surface area contributed by atoms with Crippen LogP contribution in [-0.2, 0) is 0 Å². The lowest BCUT2D eigenvalue weighted by atomic mass is 9.79. The molecule has 2 fully saturated rings. The van der Waals surface area contributed by atoms with Crippen LogP contribution >= 0.6 is 0 Å². The highest BCUT2D eigenvalue weighted by molar-refractivity contribution is 5.52. The third-order valence-electron chi connectivity index (χ3n) is 3.90. The molecule has 2 aliphatic rings. The number of hydrogen-bond donors (Lipinski definition) is 1. The summed E-state index contributed by atoms with van der Waals surface area (Å²) in [7, 11) is 0. The van der Waals surface area contributed by atoms with E-state index in [4.69, 9.17) is 4.74 Å². The summed E-state index contributed by atoms with van der Waals surface area (Å²) in [6, 6.07) is 8.47. The number of ether oxygens (including phenoxy) is 1. The molecule has 3 rings (SSSR count). The third-order valence-corrected chi connectivity index (χ3v) is 3.90. The first-order valence-corrected chi connectivity index (χ1v) is 6.50. The number of nitrogens with one attached hydrogen (secondary N) is 1. The van der Waals surface area contributed by atoms with Gasteiger partial charge in [0.15, 0.2) is 0 Å². The summed E-state index contributed by atoms with van der Waals surface area (Å²) >= 11 is 0. The van der Waals surface area contributed by atoms with Gasteiger partial charge in [0, 0.05) is 30.7 Å². The summed E-state index contributed by atoms with van der Waals surface area (Å²) < 4.78 is 5.46. The van der Waals surface area contributed by atoms with Crippen molar-refractivity contribution in [2.24, 2.45) is 5.41 Å². The van der Waals surface area contributed by atoms with Crippen molar-refractivity contribution in [2.75, 3.05) is 37.7 Å². The van der Waals surface area contributed by atoms with Crippen LogP contribution in [0.4, 0.5) is 5.69 Å². The van der Waals surface area contributed by atoms with E-state index in [0.717, 1.165) is 12.4 Å². The van der Waals surface area contributed by atoms with Crippen molar-refractivity contribution in [3.63, 3.8) is 0 Å². The first-order valence-electron chi connectivity index (χ1n) is 6.50. The zero-order valence-corrected chi connectivity index (χ0v) is 10.4. The molecule has 0 bridgehead atoms. The quantitative estimate of drug-likeness (QED) is 0.861. The van der Waals surface area contributed by atoms with Crippen LogP contribution in [0.15, 0.2) is 24.3 Å². The van der Waals surface area contributed by atoms with Crippen LogP contribution in [0.3, 0.4) is 0 Å². The lowest BCUT2D eigenvalue weighted by Gasteiger charge is -2.49. The fourth-order valence-electron chi connectivity index (χ4n) is 2.93. The Morgan fingerprint density at radius 1 is 1.29 bits per heavy atom. The van der Waals surface area contributed by atoms with E-state index in [1.54, 1.807) is 0 Å². The van der Waals surface area contributed by atoms with Gasteiger partial charge in [0.25, 0.3) is 0 Å². The summed E-state index contributed by atoms with van der Waals surface area (Å²) in [5, 5.41) is 3.47. The summed E-state index contributed by atoms with van der Waals surface area (Å²) in [6.07, 6.45) is 1.33. The molecule has 2 saturated heterocycles. The molecule has 2 aliphatic heterocycles. The van der Waals surface area contributed by atoms with E-state index in [0.29, 0.717) is 5.41 Å². The van der Waals surface area contributed by atoms with Crippen LogP contribution in [0.1, 0.15) is 13.3 Å². The van der Waals surface area contributed by atoms with Gasteiger partial charge in [-0.3, -0.25) is 0 Å². The highest BCUT2D eigenvalue weighted by Crippen LogP contribution is 2.39. The van der Waals surface area contributed by atoms with Gasteiger partial charge in [-0.1, -0.05) is 0 Å². The maximum Gasteiger partial charge on any atom is 0.119 e. The smallest absolute Gasteiger partial charge is 0.119 e. The molecule has 2 heterocycles. The van der Waals surface area contributed by atoms with Crippen molar-refractivity contribution in [3.8, 4) is 5.75 Å². The number of rotatable bonds is 3. The van der Waals surface area contributed by atoms with Gasteiger partial charge in [-0.15, -0.1) is 0 Å². The topological polar surface area (TPSA) is 24.5 Å².